The van der Waals surface area contributed by atoms with Crippen molar-refractivity contribution in [3.63, 3.8) is 0 Å². The predicted molar refractivity (Wildman–Crippen MR) is 123 cm³/mol. The summed E-state index contributed by atoms with van der Waals surface area (Å²) in [5.41, 5.74) is 3.05. The second kappa shape index (κ2) is 9.60. The maximum atomic E-state index is 12.8. The average molecular weight is 462 g/mol. The lowest BCUT2D eigenvalue weighted by Crippen LogP contribution is -2.47. The van der Waals surface area contributed by atoms with Crippen LogP contribution in [0.1, 0.15) is 29.8 Å². The minimum atomic E-state index is -0.698. The fourth-order valence-corrected chi connectivity index (χ4v) is 3.79. The first-order chi connectivity index (χ1) is 14.2. The molecular weight excluding hydrogens is 441 g/mol. The molecule has 1 atom stereocenters. The molecule has 0 saturated carbocycles. The van der Waals surface area contributed by atoms with Crippen molar-refractivity contribution >= 4 is 51.5 Å². The zero-order valence-corrected chi connectivity index (χ0v) is 19.0. The number of halogens is 2. The molecule has 0 radical (unpaired) electrons. The number of hydrogen-bond donors (Lipinski definition) is 2. The van der Waals surface area contributed by atoms with Gasteiger partial charge in [0.05, 0.1) is 15.7 Å². The van der Waals surface area contributed by atoms with Crippen LogP contribution >= 0.6 is 34.5 Å². The molecular formula is C22H21Cl2N3O2S. The monoisotopic (exact) mass is 461 g/mol. The predicted octanol–water partition coefficient (Wildman–Crippen LogP) is 5.82. The van der Waals surface area contributed by atoms with Crippen LogP contribution in [-0.4, -0.2) is 22.8 Å². The lowest BCUT2D eigenvalue weighted by molar-refractivity contribution is -0.118. The third-order valence-corrected chi connectivity index (χ3v) is 6.00. The number of aryl methyl sites for hydroxylation is 1. The Balaban J connectivity index is 1.71. The zero-order valence-electron chi connectivity index (χ0n) is 16.7. The van der Waals surface area contributed by atoms with Crippen molar-refractivity contribution in [1.29, 1.82) is 0 Å². The normalized spacial score (nSPS) is 11.9. The summed E-state index contributed by atoms with van der Waals surface area (Å²) >= 11 is 13.3. The number of benzene rings is 2. The van der Waals surface area contributed by atoms with E-state index in [-0.39, 0.29) is 17.7 Å². The standard InChI is InChI=1S/C22H21Cl2N3O2S/c1-12(2)19(26-20(28)14-6-4-13(3)5-7-14)21(29)27-22-25-18(11-30-22)15-8-9-16(23)17(24)10-15/h4-12,19H,1-3H3,(H,26,28)(H,25,27,29)/t19-/m0/s1. The number of nitrogens with zero attached hydrogens (tertiary/aromatic N) is 1. The van der Waals surface area contributed by atoms with Gasteiger partial charge in [0, 0.05) is 16.5 Å². The molecule has 3 rings (SSSR count). The Labute approximate surface area is 189 Å². The van der Waals surface area contributed by atoms with Gasteiger partial charge in [0.2, 0.25) is 5.91 Å². The van der Waals surface area contributed by atoms with Crippen LogP contribution in [0.25, 0.3) is 11.3 Å². The van der Waals surface area contributed by atoms with Crippen molar-refractivity contribution in [3.05, 3.63) is 69.0 Å². The second-order valence-corrected chi connectivity index (χ2v) is 8.89. The summed E-state index contributed by atoms with van der Waals surface area (Å²) in [6, 6.07) is 11.7. The molecule has 1 heterocycles. The maximum Gasteiger partial charge on any atom is 0.251 e. The molecule has 2 aromatic carbocycles. The van der Waals surface area contributed by atoms with E-state index in [0.29, 0.717) is 26.4 Å². The molecule has 0 aliphatic carbocycles. The van der Waals surface area contributed by atoms with Crippen LogP contribution in [-0.2, 0) is 4.79 Å². The molecule has 0 unspecified atom stereocenters. The van der Waals surface area contributed by atoms with Crippen molar-refractivity contribution in [2.45, 2.75) is 26.8 Å². The molecule has 5 nitrogen and oxygen atoms in total. The SMILES string of the molecule is Cc1ccc(C(=O)N[C@H](C(=O)Nc2nc(-c3ccc(Cl)c(Cl)c3)cs2)C(C)C)cc1. The summed E-state index contributed by atoms with van der Waals surface area (Å²) in [4.78, 5) is 29.8. The molecule has 3 aromatic rings. The largest absolute Gasteiger partial charge is 0.340 e. The number of carbonyl (C=O) groups excluding carboxylic acids is 2. The molecule has 0 fully saturated rings. The first-order valence-electron chi connectivity index (χ1n) is 9.34. The zero-order chi connectivity index (χ0) is 21.8. The van der Waals surface area contributed by atoms with E-state index in [4.69, 9.17) is 23.2 Å². The average Bonchev–Trinajstić information content (AvgIpc) is 3.16. The molecule has 0 saturated heterocycles. The van der Waals surface area contributed by atoms with E-state index in [1.807, 2.05) is 44.4 Å². The Bertz CT molecular complexity index is 1060. The first-order valence-corrected chi connectivity index (χ1v) is 11.0. The van der Waals surface area contributed by atoms with Gasteiger partial charge in [0.15, 0.2) is 5.13 Å². The van der Waals surface area contributed by atoms with Crippen LogP contribution in [0.5, 0.6) is 0 Å². The first kappa shape index (κ1) is 22.3. The van der Waals surface area contributed by atoms with Gasteiger partial charge in [-0.05, 0) is 37.1 Å². The van der Waals surface area contributed by atoms with Crippen LogP contribution in [0.3, 0.4) is 0 Å². The van der Waals surface area contributed by atoms with E-state index in [9.17, 15) is 9.59 Å². The summed E-state index contributed by atoms with van der Waals surface area (Å²) < 4.78 is 0. The van der Waals surface area contributed by atoms with Crippen molar-refractivity contribution < 1.29 is 9.59 Å². The molecule has 2 amide bonds. The summed E-state index contributed by atoms with van der Waals surface area (Å²) in [6.45, 7) is 5.71. The lowest BCUT2D eigenvalue weighted by Gasteiger charge is -2.21. The van der Waals surface area contributed by atoms with E-state index in [1.54, 1.807) is 24.3 Å². The van der Waals surface area contributed by atoms with Gasteiger partial charge in [-0.15, -0.1) is 11.3 Å². The fourth-order valence-electron chi connectivity index (χ4n) is 2.77. The Morgan fingerprint density at radius 1 is 1.03 bits per heavy atom. The van der Waals surface area contributed by atoms with Gasteiger partial charge in [0.1, 0.15) is 6.04 Å². The third-order valence-electron chi connectivity index (χ3n) is 4.50. The Hall–Kier alpha value is -2.41. The number of aromatic nitrogens is 1. The highest BCUT2D eigenvalue weighted by Gasteiger charge is 2.25. The van der Waals surface area contributed by atoms with E-state index in [2.05, 4.69) is 15.6 Å². The van der Waals surface area contributed by atoms with Crippen molar-refractivity contribution in [3.8, 4) is 11.3 Å². The molecule has 2 N–H and O–H groups in total. The van der Waals surface area contributed by atoms with Gasteiger partial charge < -0.3 is 10.6 Å². The van der Waals surface area contributed by atoms with Crippen molar-refractivity contribution in [2.24, 2.45) is 5.92 Å². The highest BCUT2D eigenvalue weighted by molar-refractivity contribution is 7.14. The Morgan fingerprint density at radius 3 is 2.37 bits per heavy atom. The second-order valence-electron chi connectivity index (χ2n) is 7.22. The summed E-state index contributed by atoms with van der Waals surface area (Å²) in [5.74, 6) is -0.714. The lowest BCUT2D eigenvalue weighted by atomic mass is 10.0. The van der Waals surface area contributed by atoms with Gasteiger partial charge >= 0.3 is 0 Å². The number of nitrogens with one attached hydrogen (secondary N) is 2. The van der Waals surface area contributed by atoms with Crippen LogP contribution in [0.2, 0.25) is 10.0 Å². The number of thiazole rings is 1. The highest BCUT2D eigenvalue weighted by Crippen LogP contribution is 2.30. The molecule has 8 heteroatoms. The number of hydrogen-bond acceptors (Lipinski definition) is 4. The van der Waals surface area contributed by atoms with Crippen molar-refractivity contribution in [2.75, 3.05) is 5.32 Å². The van der Waals surface area contributed by atoms with Gasteiger partial charge in [-0.1, -0.05) is 60.8 Å². The van der Waals surface area contributed by atoms with E-state index >= 15 is 0 Å². The molecule has 0 bridgehead atoms. The van der Waals surface area contributed by atoms with Gasteiger partial charge in [0.25, 0.3) is 5.91 Å². The van der Waals surface area contributed by atoms with Crippen LogP contribution in [0.4, 0.5) is 5.13 Å². The molecule has 1 aromatic heterocycles. The van der Waals surface area contributed by atoms with Crippen LogP contribution in [0, 0.1) is 12.8 Å². The van der Waals surface area contributed by atoms with E-state index < -0.39 is 6.04 Å². The quantitative estimate of drug-likeness (QED) is 0.485. The van der Waals surface area contributed by atoms with Crippen LogP contribution in [0.15, 0.2) is 47.8 Å². The number of anilines is 1. The number of rotatable bonds is 6. The molecule has 0 aliphatic heterocycles. The number of carbonyl (C=O) groups is 2. The fraction of sp³-hybridized carbons (Fsp3) is 0.227. The minimum Gasteiger partial charge on any atom is -0.340 e. The summed E-state index contributed by atoms with van der Waals surface area (Å²) in [6.07, 6.45) is 0. The Morgan fingerprint density at radius 2 is 1.73 bits per heavy atom. The number of amides is 2. The highest BCUT2D eigenvalue weighted by atomic mass is 35.5. The maximum absolute atomic E-state index is 12.8. The topological polar surface area (TPSA) is 71.1 Å². The van der Waals surface area contributed by atoms with Gasteiger partial charge in [-0.25, -0.2) is 4.98 Å². The minimum absolute atomic E-state index is 0.103. The molecule has 0 spiro atoms. The third kappa shape index (κ3) is 5.39. The summed E-state index contributed by atoms with van der Waals surface area (Å²) in [5, 5.41) is 8.79. The Kier molecular flexibility index (Phi) is 7.13. The molecule has 30 heavy (non-hydrogen) atoms. The van der Waals surface area contributed by atoms with Crippen molar-refractivity contribution in [1.82, 2.24) is 10.3 Å². The molecule has 0 aliphatic rings. The van der Waals surface area contributed by atoms with Gasteiger partial charge in [-0.3, -0.25) is 9.59 Å². The van der Waals surface area contributed by atoms with Gasteiger partial charge in [-0.2, -0.15) is 0 Å². The smallest absolute Gasteiger partial charge is 0.251 e. The van der Waals surface area contributed by atoms with Crippen LogP contribution < -0.4 is 10.6 Å². The van der Waals surface area contributed by atoms with E-state index in [1.165, 1.54) is 11.3 Å². The summed E-state index contributed by atoms with van der Waals surface area (Å²) in [7, 11) is 0. The van der Waals surface area contributed by atoms with E-state index in [0.717, 1.165) is 11.1 Å². The molecule has 156 valence electrons.